The van der Waals surface area contributed by atoms with Crippen LogP contribution in [-0.4, -0.2) is 26.5 Å². The van der Waals surface area contributed by atoms with E-state index in [-0.39, 0.29) is 11.2 Å². The van der Waals surface area contributed by atoms with Gasteiger partial charge in [0.2, 0.25) is 0 Å². The predicted octanol–water partition coefficient (Wildman–Crippen LogP) is 2.00. The summed E-state index contributed by atoms with van der Waals surface area (Å²) in [6.07, 6.45) is 9.63. The maximum absolute atomic E-state index is 13.7. The molecular formula is C15H18FN5. The minimum atomic E-state index is -0.375. The van der Waals surface area contributed by atoms with Crippen LogP contribution in [0.25, 0.3) is 11.3 Å². The second kappa shape index (κ2) is 4.34. The number of nitrogens with zero attached hydrogens (tertiary/aromatic N) is 4. The number of aromatic nitrogens is 4. The molecule has 0 saturated heterocycles. The van der Waals surface area contributed by atoms with Crippen molar-refractivity contribution in [3.63, 3.8) is 0 Å². The zero-order valence-corrected chi connectivity index (χ0v) is 11.8. The lowest BCUT2D eigenvalue weighted by Gasteiger charge is -2.32. The van der Waals surface area contributed by atoms with E-state index in [2.05, 4.69) is 15.3 Å². The van der Waals surface area contributed by atoms with Crippen molar-refractivity contribution in [3.05, 3.63) is 30.5 Å². The van der Waals surface area contributed by atoms with E-state index in [0.29, 0.717) is 23.2 Å². The van der Waals surface area contributed by atoms with Crippen LogP contribution in [0.3, 0.4) is 0 Å². The van der Waals surface area contributed by atoms with Gasteiger partial charge in [0.25, 0.3) is 0 Å². The molecule has 1 unspecified atom stereocenters. The Morgan fingerprint density at radius 3 is 2.86 bits per heavy atom. The largest absolute Gasteiger partial charge is 0.330 e. The molecule has 2 aromatic heterocycles. The van der Waals surface area contributed by atoms with Crippen molar-refractivity contribution in [1.82, 2.24) is 20.0 Å². The van der Waals surface area contributed by atoms with Gasteiger partial charge in [-0.15, -0.1) is 5.10 Å². The molecular weight excluding hydrogens is 269 g/mol. The Morgan fingerprint density at radius 2 is 2.24 bits per heavy atom. The minimum Gasteiger partial charge on any atom is -0.330 e. The monoisotopic (exact) mass is 287 g/mol. The number of pyridine rings is 1. The van der Waals surface area contributed by atoms with Gasteiger partial charge < -0.3 is 5.73 Å². The first kappa shape index (κ1) is 12.9. The van der Waals surface area contributed by atoms with E-state index in [1.807, 2.05) is 4.68 Å². The van der Waals surface area contributed by atoms with Crippen LogP contribution in [0.2, 0.25) is 0 Å². The molecule has 2 saturated carbocycles. The highest BCUT2D eigenvalue weighted by molar-refractivity contribution is 5.57. The molecule has 0 bridgehead atoms. The lowest BCUT2D eigenvalue weighted by Crippen LogP contribution is -2.32. The molecule has 0 aromatic carbocycles. The number of halogens is 1. The Bertz CT molecular complexity index is 678. The van der Waals surface area contributed by atoms with Gasteiger partial charge in [-0.2, -0.15) is 0 Å². The second-order valence-corrected chi connectivity index (χ2v) is 6.45. The van der Waals surface area contributed by atoms with Crippen LogP contribution in [0.15, 0.2) is 24.7 Å². The van der Waals surface area contributed by atoms with E-state index in [0.717, 1.165) is 6.54 Å². The van der Waals surface area contributed by atoms with Crippen LogP contribution in [-0.2, 0) is 6.54 Å². The van der Waals surface area contributed by atoms with Crippen LogP contribution in [0.5, 0.6) is 0 Å². The number of rotatable bonds is 4. The Balaban J connectivity index is 1.57. The van der Waals surface area contributed by atoms with Gasteiger partial charge in [-0.05, 0) is 30.7 Å². The maximum Gasteiger partial charge on any atom is 0.150 e. The van der Waals surface area contributed by atoms with Crippen LogP contribution in [0, 0.1) is 16.6 Å². The predicted molar refractivity (Wildman–Crippen MR) is 75.6 cm³/mol. The molecule has 2 N–H and O–H groups in total. The smallest absolute Gasteiger partial charge is 0.150 e. The quantitative estimate of drug-likeness (QED) is 0.933. The zero-order valence-electron chi connectivity index (χ0n) is 11.8. The maximum atomic E-state index is 13.7. The van der Waals surface area contributed by atoms with Gasteiger partial charge in [0.05, 0.1) is 18.9 Å². The highest BCUT2D eigenvalue weighted by atomic mass is 19.1. The highest BCUT2D eigenvalue weighted by Gasteiger charge is 2.68. The van der Waals surface area contributed by atoms with Crippen molar-refractivity contribution < 1.29 is 4.39 Å². The number of hydrogen-bond donors (Lipinski definition) is 1. The molecule has 6 heteroatoms. The van der Waals surface area contributed by atoms with E-state index in [1.165, 1.54) is 31.9 Å². The Morgan fingerprint density at radius 1 is 1.38 bits per heavy atom. The minimum absolute atomic E-state index is 0.174. The van der Waals surface area contributed by atoms with Crippen molar-refractivity contribution in [2.75, 3.05) is 6.54 Å². The van der Waals surface area contributed by atoms with Crippen molar-refractivity contribution >= 4 is 0 Å². The van der Waals surface area contributed by atoms with Gasteiger partial charge in [-0.3, -0.25) is 9.67 Å². The van der Waals surface area contributed by atoms with Gasteiger partial charge >= 0.3 is 0 Å². The third-order valence-electron chi connectivity index (χ3n) is 5.43. The molecule has 110 valence electrons. The van der Waals surface area contributed by atoms with Gasteiger partial charge in [-0.25, -0.2) is 4.39 Å². The summed E-state index contributed by atoms with van der Waals surface area (Å²) in [4.78, 5) is 3.75. The van der Waals surface area contributed by atoms with E-state index in [1.54, 1.807) is 18.5 Å². The second-order valence-electron chi connectivity index (χ2n) is 6.45. The SMILES string of the molecule is NCC1(Cn2cc(-c3ccncc3F)nn2)CC12CCC2. The lowest BCUT2D eigenvalue weighted by molar-refractivity contribution is 0.183. The summed E-state index contributed by atoms with van der Waals surface area (Å²) in [5.74, 6) is -0.375. The summed E-state index contributed by atoms with van der Waals surface area (Å²) < 4.78 is 15.5. The van der Waals surface area contributed by atoms with Crippen molar-refractivity contribution in [2.45, 2.75) is 32.2 Å². The van der Waals surface area contributed by atoms with Crippen LogP contribution >= 0.6 is 0 Å². The van der Waals surface area contributed by atoms with Crippen LogP contribution < -0.4 is 5.73 Å². The van der Waals surface area contributed by atoms with E-state index in [4.69, 9.17) is 5.73 Å². The molecule has 2 heterocycles. The summed E-state index contributed by atoms with van der Waals surface area (Å²) in [6, 6.07) is 1.62. The Kier molecular flexibility index (Phi) is 2.66. The average molecular weight is 287 g/mol. The highest BCUT2D eigenvalue weighted by Crippen LogP contribution is 2.74. The molecule has 0 amide bonds. The summed E-state index contributed by atoms with van der Waals surface area (Å²) in [5, 5.41) is 8.24. The first-order valence-corrected chi connectivity index (χ1v) is 7.38. The number of hydrogen-bond acceptors (Lipinski definition) is 4. The van der Waals surface area contributed by atoms with Gasteiger partial charge in [0.15, 0.2) is 5.82 Å². The Hall–Kier alpha value is -1.82. The van der Waals surface area contributed by atoms with E-state index in [9.17, 15) is 4.39 Å². The molecule has 1 spiro atoms. The third kappa shape index (κ3) is 1.82. The molecule has 5 nitrogen and oxygen atoms in total. The van der Waals surface area contributed by atoms with Crippen molar-refractivity contribution in [2.24, 2.45) is 16.6 Å². The molecule has 2 aliphatic rings. The molecule has 21 heavy (non-hydrogen) atoms. The summed E-state index contributed by atoms with van der Waals surface area (Å²) >= 11 is 0. The topological polar surface area (TPSA) is 69.6 Å². The Labute approximate surface area is 122 Å². The lowest BCUT2D eigenvalue weighted by atomic mass is 9.75. The summed E-state index contributed by atoms with van der Waals surface area (Å²) in [7, 11) is 0. The van der Waals surface area contributed by atoms with Crippen molar-refractivity contribution in [3.8, 4) is 11.3 Å². The van der Waals surface area contributed by atoms with Crippen LogP contribution in [0.1, 0.15) is 25.7 Å². The molecule has 2 fully saturated rings. The van der Waals surface area contributed by atoms with Gasteiger partial charge in [-0.1, -0.05) is 11.6 Å². The molecule has 0 radical (unpaired) electrons. The van der Waals surface area contributed by atoms with Gasteiger partial charge in [0, 0.05) is 23.7 Å². The standard InChI is InChI=1S/C15H18FN5/c16-12-6-18-5-2-11(12)13-7-21(20-19-13)10-15(9-17)8-14(15)3-1-4-14/h2,5-7H,1,3-4,8-10,17H2. The fraction of sp³-hybridized carbons (Fsp3) is 0.533. The first-order chi connectivity index (χ1) is 10.2. The van der Waals surface area contributed by atoms with Crippen LogP contribution in [0.4, 0.5) is 4.39 Å². The fourth-order valence-electron chi connectivity index (χ4n) is 3.88. The average Bonchev–Trinajstić information content (AvgIpc) is 2.93. The molecule has 2 aliphatic carbocycles. The molecule has 4 rings (SSSR count). The van der Waals surface area contributed by atoms with Gasteiger partial charge in [0.1, 0.15) is 5.69 Å². The molecule has 0 aliphatic heterocycles. The molecule has 1 atom stereocenters. The van der Waals surface area contributed by atoms with E-state index < -0.39 is 0 Å². The number of nitrogens with two attached hydrogens (primary N) is 1. The zero-order chi connectivity index (χ0) is 14.5. The van der Waals surface area contributed by atoms with E-state index >= 15 is 0 Å². The molecule has 2 aromatic rings. The first-order valence-electron chi connectivity index (χ1n) is 7.38. The normalized spacial score (nSPS) is 25.8. The fourth-order valence-corrected chi connectivity index (χ4v) is 3.88. The van der Waals surface area contributed by atoms with Crippen molar-refractivity contribution in [1.29, 1.82) is 0 Å². The summed E-state index contributed by atoms with van der Waals surface area (Å²) in [5.41, 5.74) is 7.63. The summed E-state index contributed by atoms with van der Waals surface area (Å²) in [6.45, 7) is 1.47. The third-order valence-corrected chi connectivity index (χ3v) is 5.43.